The Morgan fingerprint density at radius 2 is 1.81 bits per heavy atom. The van der Waals surface area contributed by atoms with E-state index in [9.17, 15) is 9.18 Å². The number of benzene rings is 2. The first-order chi connectivity index (χ1) is 12.7. The van der Waals surface area contributed by atoms with E-state index in [1.54, 1.807) is 42.5 Å². The molecule has 1 heterocycles. The topological polar surface area (TPSA) is 90.7 Å². The number of para-hydroxylation sites is 1. The molecule has 7 heteroatoms. The third-order valence-electron chi connectivity index (χ3n) is 3.58. The molecule has 0 atom stereocenters. The van der Waals surface area contributed by atoms with E-state index in [1.807, 2.05) is 6.07 Å². The van der Waals surface area contributed by atoms with Crippen molar-refractivity contribution < 1.29 is 9.18 Å². The molecule has 1 aromatic heterocycles. The summed E-state index contributed by atoms with van der Waals surface area (Å²) in [5, 5.41) is 22.6. The summed E-state index contributed by atoms with van der Waals surface area (Å²) < 4.78 is 12.9. The zero-order chi connectivity index (χ0) is 18.4. The first kappa shape index (κ1) is 17.0. The minimum atomic E-state index is -0.453. The molecule has 0 saturated carbocycles. The van der Waals surface area contributed by atoms with Crippen molar-refractivity contribution >= 4 is 17.4 Å². The Kier molecular flexibility index (Phi) is 5.15. The summed E-state index contributed by atoms with van der Waals surface area (Å²) in [5.74, 6) is -0.254. The number of carbonyl (C=O) groups is 1. The fraction of sp³-hybridized carbons (Fsp3) is 0.0526. The maximum absolute atomic E-state index is 12.9. The van der Waals surface area contributed by atoms with Gasteiger partial charge in [0.2, 0.25) is 0 Å². The standard InChI is InChI=1S/C19H14FN5O/c20-15-7-5-13(6-8-15)12-22-18-10-9-17(24-25-18)19(26)23-16-4-2-1-3-14(16)11-21/h1-10H,12H2,(H,22,25)(H,23,26). The van der Waals surface area contributed by atoms with E-state index in [1.165, 1.54) is 18.2 Å². The fourth-order valence-electron chi connectivity index (χ4n) is 2.22. The molecule has 0 bridgehead atoms. The van der Waals surface area contributed by atoms with Crippen LogP contribution in [0.4, 0.5) is 15.9 Å². The summed E-state index contributed by atoms with van der Waals surface area (Å²) in [6, 6.07) is 18.0. The largest absolute Gasteiger partial charge is 0.365 e. The number of rotatable bonds is 5. The van der Waals surface area contributed by atoms with Crippen LogP contribution in [0, 0.1) is 17.1 Å². The maximum Gasteiger partial charge on any atom is 0.276 e. The molecule has 128 valence electrons. The number of nitriles is 1. The Hall–Kier alpha value is -3.79. The summed E-state index contributed by atoms with van der Waals surface area (Å²) in [6.07, 6.45) is 0. The molecule has 0 unspecified atom stereocenters. The molecule has 3 rings (SSSR count). The summed E-state index contributed by atoms with van der Waals surface area (Å²) >= 11 is 0. The Balaban J connectivity index is 1.62. The van der Waals surface area contributed by atoms with E-state index in [4.69, 9.17) is 5.26 Å². The lowest BCUT2D eigenvalue weighted by atomic mass is 10.2. The lowest BCUT2D eigenvalue weighted by Gasteiger charge is -2.07. The number of amides is 1. The summed E-state index contributed by atoms with van der Waals surface area (Å²) in [4.78, 5) is 12.2. The van der Waals surface area contributed by atoms with Gasteiger partial charge in [-0.1, -0.05) is 24.3 Å². The number of hydrogen-bond acceptors (Lipinski definition) is 5. The molecule has 0 aliphatic heterocycles. The van der Waals surface area contributed by atoms with Gasteiger partial charge in [0.15, 0.2) is 5.69 Å². The van der Waals surface area contributed by atoms with Crippen molar-refractivity contribution in [3.63, 3.8) is 0 Å². The van der Waals surface area contributed by atoms with Gasteiger partial charge in [-0.05, 0) is 42.0 Å². The van der Waals surface area contributed by atoms with Gasteiger partial charge in [0.1, 0.15) is 17.7 Å². The van der Waals surface area contributed by atoms with E-state index in [-0.39, 0.29) is 11.5 Å². The Morgan fingerprint density at radius 3 is 2.50 bits per heavy atom. The van der Waals surface area contributed by atoms with Gasteiger partial charge < -0.3 is 10.6 Å². The summed E-state index contributed by atoms with van der Waals surface area (Å²) in [5.41, 5.74) is 1.81. The van der Waals surface area contributed by atoms with Gasteiger partial charge in [0.25, 0.3) is 5.91 Å². The Labute approximate surface area is 149 Å². The van der Waals surface area contributed by atoms with Crippen molar-refractivity contribution in [3.05, 3.63) is 83.3 Å². The number of carbonyl (C=O) groups excluding carboxylic acids is 1. The molecule has 0 aliphatic rings. The van der Waals surface area contributed by atoms with Crippen LogP contribution in [0.1, 0.15) is 21.6 Å². The molecule has 0 radical (unpaired) electrons. The van der Waals surface area contributed by atoms with Gasteiger partial charge in [-0.25, -0.2) is 4.39 Å². The molecular weight excluding hydrogens is 333 g/mol. The smallest absolute Gasteiger partial charge is 0.276 e. The molecule has 0 spiro atoms. The fourth-order valence-corrected chi connectivity index (χ4v) is 2.22. The predicted molar refractivity (Wildman–Crippen MR) is 94.9 cm³/mol. The molecule has 0 saturated heterocycles. The zero-order valence-corrected chi connectivity index (χ0v) is 13.6. The highest BCUT2D eigenvalue weighted by Crippen LogP contribution is 2.15. The summed E-state index contributed by atoms with van der Waals surface area (Å²) in [6.45, 7) is 0.454. The van der Waals surface area contributed by atoms with Gasteiger partial charge >= 0.3 is 0 Å². The third kappa shape index (κ3) is 4.19. The number of nitrogens with one attached hydrogen (secondary N) is 2. The normalized spacial score (nSPS) is 10.0. The van der Waals surface area contributed by atoms with Crippen molar-refractivity contribution in [2.24, 2.45) is 0 Å². The molecule has 2 aromatic carbocycles. The number of hydrogen-bond donors (Lipinski definition) is 2. The highest BCUT2D eigenvalue weighted by molar-refractivity contribution is 6.03. The van der Waals surface area contributed by atoms with Gasteiger partial charge in [-0.15, -0.1) is 10.2 Å². The van der Waals surface area contributed by atoms with Crippen molar-refractivity contribution in [1.82, 2.24) is 10.2 Å². The second kappa shape index (κ2) is 7.85. The van der Waals surface area contributed by atoms with Gasteiger partial charge in [-0.3, -0.25) is 4.79 Å². The van der Waals surface area contributed by atoms with Crippen LogP contribution < -0.4 is 10.6 Å². The molecule has 2 N–H and O–H groups in total. The van der Waals surface area contributed by atoms with Crippen molar-refractivity contribution in [1.29, 1.82) is 5.26 Å². The predicted octanol–water partition coefficient (Wildman–Crippen LogP) is 3.35. The maximum atomic E-state index is 12.9. The van der Waals surface area contributed by atoms with Crippen molar-refractivity contribution in [2.75, 3.05) is 10.6 Å². The van der Waals surface area contributed by atoms with Gasteiger partial charge in [-0.2, -0.15) is 5.26 Å². The van der Waals surface area contributed by atoms with E-state index < -0.39 is 5.91 Å². The lowest BCUT2D eigenvalue weighted by molar-refractivity contribution is 0.102. The Bertz CT molecular complexity index is 949. The van der Waals surface area contributed by atoms with Crippen LogP contribution in [0.2, 0.25) is 0 Å². The number of anilines is 2. The monoisotopic (exact) mass is 347 g/mol. The van der Waals surface area contributed by atoms with E-state index >= 15 is 0 Å². The minimum absolute atomic E-state index is 0.130. The van der Waals surface area contributed by atoms with Crippen LogP contribution in [0.3, 0.4) is 0 Å². The minimum Gasteiger partial charge on any atom is -0.365 e. The van der Waals surface area contributed by atoms with E-state index in [0.717, 1.165) is 5.56 Å². The van der Waals surface area contributed by atoms with Crippen molar-refractivity contribution in [3.8, 4) is 6.07 Å². The van der Waals surface area contributed by atoms with E-state index in [0.29, 0.717) is 23.6 Å². The third-order valence-corrected chi connectivity index (χ3v) is 3.58. The molecule has 3 aromatic rings. The van der Waals surface area contributed by atoms with Crippen LogP contribution in [-0.2, 0) is 6.54 Å². The second-order valence-corrected chi connectivity index (χ2v) is 5.40. The lowest BCUT2D eigenvalue weighted by Crippen LogP contribution is -2.15. The number of halogens is 1. The molecule has 0 fully saturated rings. The van der Waals surface area contributed by atoms with Crippen LogP contribution >= 0.6 is 0 Å². The SMILES string of the molecule is N#Cc1ccccc1NC(=O)c1ccc(NCc2ccc(F)cc2)nn1. The van der Waals surface area contributed by atoms with Crippen LogP contribution in [0.25, 0.3) is 0 Å². The molecule has 26 heavy (non-hydrogen) atoms. The van der Waals surface area contributed by atoms with Crippen LogP contribution in [-0.4, -0.2) is 16.1 Å². The highest BCUT2D eigenvalue weighted by Gasteiger charge is 2.11. The molecule has 1 amide bonds. The van der Waals surface area contributed by atoms with Crippen LogP contribution in [0.15, 0.2) is 60.7 Å². The average Bonchev–Trinajstić information content (AvgIpc) is 2.68. The second-order valence-electron chi connectivity index (χ2n) is 5.40. The molecular formula is C19H14FN5O. The first-order valence-corrected chi connectivity index (χ1v) is 7.78. The number of aromatic nitrogens is 2. The highest BCUT2D eigenvalue weighted by atomic mass is 19.1. The zero-order valence-electron chi connectivity index (χ0n) is 13.6. The average molecular weight is 347 g/mol. The molecule has 6 nitrogen and oxygen atoms in total. The van der Waals surface area contributed by atoms with E-state index in [2.05, 4.69) is 20.8 Å². The van der Waals surface area contributed by atoms with Crippen molar-refractivity contribution in [2.45, 2.75) is 6.54 Å². The molecule has 0 aliphatic carbocycles. The van der Waals surface area contributed by atoms with Gasteiger partial charge in [0, 0.05) is 6.54 Å². The first-order valence-electron chi connectivity index (χ1n) is 7.78. The quantitative estimate of drug-likeness (QED) is 0.738. The summed E-state index contributed by atoms with van der Waals surface area (Å²) in [7, 11) is 0. The number of nitrogens with zero attached hydrogens (tertiary/aromatic N) is 3. The Morgan fingerprint density at radius 1 is 1.04 bits per heavy atom. The van der Waals surface area contributed by atoms with Crippen LogP contribution in [0.5, 0.6) is 0 Å². The van der Waals surface area contributed by atoms with Gasteiger partial charge in [0.05, 0.1) is 11.3 Å².